The Morgan fingerprint density at radius 3 is 2.21 bits per heavy atom. The lowest BCUT2D eigenvalue weighted by Crippen LogP contribution is -2.13. The summed E-state index contributed by atoms with van der Waals surface area (Å²) in [4.78, 5) is 17.2. The van der Waals surface area contributed by atoms with Gasteiger partial charge < -0.3 is 19.5 Å². The summed E-state index contributed by atoms with van der Waals surface area (Å²) in [6.07, 6.45) is -4.66. The molecule has 0 spiro atoms. The average molecular weight is 527 g/mol. The van der Waals surface area contributed by atoms with Crippen molar-refractivity contribution in [3.05, 3.63) is 77.9 Å². The third-order valence-electron chi connectivity index (χ3n) is 5.42. The van der Waals surface area contributed by atoms with Crippen LogP contribution in [0.4, 0.5) is 18.9 Å². The van der Waals surface area contributed by atoms with E-state index in [4.69, 9.17) is 14.2 Å². The summed E-state index contributed by atoms with van der Waals surface area (Å²) in [5.74, 6) is 0.838. The van der Waals surface area contributed by atoms with Gasteiger partial charge in [-0.25, -0.2) is 4.68 Å². The second-order valence-electron chi connectivity index (χ2n) is 8.44. The molecule has 4 rings (SSSR count). The number of carbonyl (C=O) groups is 1. The molecule has 8 nitrogen and oxygen atoms in total. The summed E-state index contributed by atoms with van der Waals surface area (Å²) < 4.78 is 56.7. The minimum Gasteiger partial charge on any atom is -0.497 e. The topological polar surface area (TPSA) is 87.5 Å². The van der Waals surface area contributed by atoms with Gasteiger partial charge in [0.15, 0.2) is 5.82 Å². The zero-order chi connectivity index (χ0) is 27.4. The first-order valence-corrected chi connectivity index (χ1v) is 11.5. The highest BCUT2D eigenvalue weighted by atomic mass is 19.4. The molecule has 0 aliphatic carbocycles. The summed E-state index contributed by atoms with van der Waals surface area (Å²) in [7, 11) is 2.98. The number of rotatable bonds is 8. The number of ether oxygens (including phenoxy) is 3. The number of benzene rings is 3. The van der Waals surface area contributed by atoms with Crippen molar-refractivity contribution in [1.29, 1.82) is 0 Å². The second kappa shape index (κ2) is 10.8. The van der Waals surface area contributed by atoms with Crippen molar-refractivity contribution in [3.8, 4) is 34.6 Å². The summed E-state index contributed by atoms with van der Waals surface area (Å²) in [5.41, 5.74) is 1.05. The Hall–Kier alpha value is -4.54. The molecule has 0 fully saturated rings. The number of nitrogens with zero attached hydrogens (tertiary/aromatic N) is 3. The number of methoxy groups -OCH3 is 2. The van der Waals surface area contributed by atoms with Gasteiger partial charge in [0.2, 0.25) is 0 Å². The Morgan fingerprint density at radius 2 is 1.63 bits per heavy atom. The van der Waals surface area contributed by atoms with E-state index >= 15 is 0 Å². The maximum Gasteiger partial charge on any atom is 0.416 e. The monoisotopic (exact) mass is 526 g/mol. The van der Waals surface area contributed by atoms with E-state index in [1.807, 2.05) is 13.8 Å². The first-order chi connectivity index (χ1) is 18.1. The molecule has 1 N–H and O–H groups in total. The third-order valence-corrected chi connectivity index (χ3v) is 5.42. The molecule has 1 heterocycles. The van der Waals surface area contributed by atoms with Crippen LogP contribution in [-0.4, -0.2) is 41.0 Å². The van der Waals surface area contributed by atoms with Crippen LogP contribution >= 0.6 is 0 Å². The van der Waals surface area contributed by atoms with Crippen molar-refractivity contribution < 1.29 is 32.2 Å². The quantitative estimate of drug-likeness (QED) is 0.303. The van der Waals surface area contributed by atoms with E-state index < -0.39 is 11.7 Å². The summed E-state index contributed by atoms with van der Waals surface area (Å²) in [6.45, 7) is 3.63. The molecule has 0 unspecified atom stereocenters. The van der Waals surface area contributed by atoms with Crippen LogP contribution in [0.25, 0.3) is 17.1 Å². The normalized spacial score (nSPS) is 11.4. The van der Waals surface area contributed by atoms with Crippen LogP contribution in [0, 0.1) is 0 Å². The van der Waals surface area contributed by atoms with Gasteiger partial charge >= 0.3 is 12.2 Å². The number of halogens is 3. The van der Waals surface area contributed by atoms with E-state index in [0.29, 0.717) is 39.8 Å². The van der Waals surface area contributed by atoms with Gasteiger partial charge in [-0.1, -0.05) is 12.1 Å². The van der Waals surface area contributed by atoms with Crippen molar-refractivity contribution in [2.75, 3.05) is 19.5 Å². The summed E-state index contributed by atoms with van der Waals surface area (Å²) in [5, 5.41) is 7.20. The molecule has 0 aliphatic heterocycles. The van der Waals surface area contributed by atoms with Gasteiger partial charge in [-0.05, 0) is 62.4 Å². The molecular formula is C27H25F3N4O4. The van der Waals surface area contributed by atoms with Crippen molar-refractivity contribution in [2.24, 2.45) is 0 Å². The standard InChI is InChI=1S/C27H25F3N4O4/c1-16(2)38-26-32-24(17-5-7-18(8-6-17)27(28,29)30)34(33-26)20-11-9-19(10-12-20)31-25(35)22-14-13-21(36-3)15-23(22)37-4/h5-16H,1-4H3,(H,31,35). The average Bonchev–Trinajstić information content (AvgIpc) is 3.31. The minimum atomic E-state index is -4.45. The van der Waals surface area contributed by atoms with Crippen molar-refractivity contribution >= 4 is 11.6 Å². The molecule has 1 aromatic heterocycles. The smallest absolute Gasteiger partial charge is 0.416 e. The number of aromatic nitrogens is 3. The van der Waals surface area contributed by atoms with Crippen LogP contribution in [0.3, 0.4) is 0 Å². The molecule has 0 saturated heterocycles. The predicted molar refractivity (Wildman–Crippen MR) is 135 cm³/mol. The first kappa shape index (κ1) is 26.5. The van der Waals surface area contributed by atoms with Crippen LogP contribution in [0.15, 0.2) is 66.7 Å². The highest BCUT2D eigenvalue weighted by Crippen LogP contribution is 2.32. The molecule has 1 amide bonds. The van der Waals surface area contributed by atoms with Gasteiger partial charge in [0.1, 0.15) is 11.5 Å². The molecule has 0 bridgehead atoms. The zero-order valence-corrected chi connectivity index (χ0v) is 21.0. The van der Waals surface area contributed by atoms with Crippen LogP contribution in [0.1, 0.15) is 29.8 Å². The fraction of sp³-hybridized carbons (Fsp3) is 0.222. The van der Waals surface area contributed by atoms with Gasteiger partial charge in [-0.3, -0.25) is 4.79 Å². The molecule has 0 saturated carbocycles. The van der Waals surface area contributed by atoms with Crippen molar-refractivity contribution in [1.82, 2.24) is 14.8 Å². The van der Waals surface area contributed by atoms with Crippen molar-refractivity contribution in [3.63, 3.8) is 0 Å². The SMILES string of the molecule is COc1ccc(C(=O)Nc2ccc(-n3nc(OC(C)C)nc3-c3ccc(C(F)(F)F)cc3)cc2)c(OC)c1. The molecule has 0 atom stereocenters. The minimum absolute atomic E-state index is 0.0823. The Morgan fingerprint density at radius 1 is 0.947 bits per heavy atom. The van der Waals surface area contributed by atoms with Crippen LogP contribution in [0.2, 0.25) is 0 Å². The van der Waals surface area contributed by atoms with Gasteiger partial charge in [0, 0.05) is 17.3 Å². The highest BCUT2D eigenvalue weighted by molar-refractivity contribution is 6.06. The Kier molecular flexibility index (Phi) is 7.56. The summed E-state index contributed by atoms with van der Waals surface area (Å²) in [6, 6.07) is 16.3. The Labute approximate surface area is 217 Å². The molecule has 0 aliphatic rings. The van der Waals surface area contributed by atoms with Crippen LogP contribution in [-0.2, 0) is 6.18 Å². The molecule has 11 heteroatoms. The molecular weight excluding hydrogens is 501 g/mol. The fourth-order valence-electron chi connectivity index (χ4n) is 3.60. The van der Waals surface area contributed by atoms with E-state index in [2.05, 4.69) is 15.4 Å². The number of anilines is 1. The van der Waals surface area contributed by atoms with Crippen LogP contribution < -0.4 is 19.5 Å². The molecule has 38 heavy (non-hydrogen) atoms. The predicted octanol–water partition coefficient (Wildman–Crippen LogP) is 6.01. The number of hydrogen-bond donors (Lipinski definition) is 1. The van der Waals surface area contributed by atoms with Crippen molar-refractivity contribution in [2.45, 2.75) is 26.1 Å². The summed E-state index contributed by atoms with van der Waals surface area (Å²) >= 11 is 0. The van der Waals surface area contributed by atoms with Gasteiger partial charge in [-0.15, -0.1) is 5.10 Å². The lowest BCUT2D eigenvalue weighted by molar-refractivity contribution is -0.137. The maximum atomic E-state index is 13.0. The second-order valence-corrected chi connectivity index (χ2v) is 8.44. The van der Waals surface area contributed by atoms with Gasteiger partial charge in [0.25, 0.3) is 5.91 Å². The maximum absolute atomic E-state index is 13.0. The first-order valence-electron chi connectivity index (χ1n) is 11.5. The van der Waals surface area contributed by atoms with Gasteiger partial charge in [-0.2, -0.15) is 18.2 Å². The Bertz CT molecular complexity index is 1420. The van der Waals surface area contributed by atoms with Crippen LogP contribution in [0.5, 0.6) is 17.5 Å². The number of nitrogens with one attached hydrogen (secondary N) is 1. The number of alkyl halides is 3. The molecule has 4 aromatic rings. The number of hydrogen-bond acceptors (Lipinski definition) is 6. The van der Waals surface area contributed by atoms with E-state index in [9.17, 15) is 18.0 Å². The lowest BCUT2D eigenvalue weighted by atomic mass is 10.1. The number of carbonyl (C=O) groups excluding carboxylic acids is 1. The fourth-order valence-corrected chi connectivity index (χ4v) is 3.60. The number of amides is 1. The zero-order valence-electron chi connectivity index (χ0n) is 21.0. The highest BCUT2D eigenvalue weighted by Gasteiger charge is 2.30. The molecule has 198 valence electrons. The third kappa shape index (κ3) is 5.88. The largest absolute Gasteiger partial charge is 0.497 e. The van der Waals surface area contributed by atoms with E-state index in [-0.39, 0.29) is 18.0 Å². The van der Waals surface area contributed by atoms with E-state index in [0.717, 1.165) is 12.1 Å². The van der Waals surface area contributed by atoms with E-state index in [1.165, 1.54) is 31.0 Å². The van der Waals surface area contributed by atoms with E-state index in [1.54, 1.807) is 42.5 Å². The molecule has 0 radical (unpaired) electrons. The molecule has 3 aromatic carbocycles. The van der Waals surface area contributed by atoms with Gasteiger partial charge in [0.05, 0.1) is 37.1 Å². The lowest BCUT2D eigenvalue weighted by Gasteiger charge is -2.12. The Balaban J connectivity index is 1.62.